The molecule has 35 heavy (non-hydrogen) atoms. The van der Waals surface area contributed by atoms with Crippen LogP contribution in [-0.4, -0.2) is 41.1 Å². The smallest absolute Gasteiger partial charge is 0.257 e. The first kappa shape index (κ1) is 24.5. The third-order valence-corrected chi connectivity index (χ3v) is 6.14. The van der Waals surface area contributed by atoms with Crippen molar-refractivity contribution in [3.8, 4) is 11.5 Å². The largest absolute Gasteiger partial charge is 0.497 e. The second-order valence-electron chi connectivity index (χ2n) is 8.69. The zero-order valence-electron chi connectivity index (χ0n) is 20.5. The number of methoxy groups -OCH3 is 2. The Hall–Kier alpha value is -3.65. The first-order chi connectivity index (χ1) is 17.0. The Kier molecular flexibility index (Phi) is 7.82. The summed E-state index contributed by atoms with van der Waals surface area (Å²) >= 11 is 0. The highest BCUT2D eigenvalue weighted by molar-refractivity contribution is 5.91. The summed E-state index contributed by atoms with van der Waals surface area (Å²) in [5, 5.41) is 2.86. The zero-order chi connectivity index (χ0) is 24.8. The molecular weight excluding hydrogens is 444 g/mol. The van der Waals surface area contributed by atoms with Gasteiger partial charge in [0.2, 0.25) is 5.91 Å². The van der Waals surface area contributed by atoms with E-state index < -0.39 is 0 Å². The second kappa shape index (κ2) is 11.2. The number of ether oxygens (including phenoxy) is 2. The maximum Gasteiger partial charge on any atom is 0.257 e. The zero-order valence-corrected chi connectivity index (χ0v) is 20.5. The lowest BCUT2D eigenvalue weighted by Gasteiger charge is -2.29. The van der Waals surface area contributed by atoms with Crippen LogP contribution in [0.5, 0.6) is 11.5 Å². The van der Waals surface area contributed by atoms with E-state index >= 15 is 0 Å². The molecule has 0 unspecified atom stereocenters. The Bertz CT molecular complexity index is 1220. The summed E-state index contributed by atoms with van der Waals surface area (Å²) in [5.41, 5.74) is 3.21. The van der Waals surface area contributed by atoms with Crippen molar-refractivity contribution in [1.29, 1.82) is 0 Å². The number of nitrogens with one attached hydrogen (secondary N) is 1. The molecule has 1 aromatic heterocycles. The molecule has 0 spiro atoms. The van der Waals surface area contributed by atoms with E-state index in [0.29, 0.717) is 48.0 Å². The van der Waals surface area contributed by atoms with Crippen molar-refractivity contribution in [2.45, 2.75) is 45.8 Å². The minimum Gasteiger partial charge on any atom is -0.497 e. The van der Waals surface area contributed by atoms with Crippen molar-refractivity contribution in [1.82, 2.24) is 14.5 Å². The number of nitrogens with zero attached hydrogens (tertiary/aromatic N) is 3. The molecule has 0 fully saturated rings. The molecule has 0 saturated carbocycles. The highest BCUT2D eigenvalue weighted by Crippen LogP contribution is 2.26. The van der Waals surface area contributed by atoms with Gasteiger partial charge in [0.05, 0.1) is 19.9 Å². The lowest BCUT2D eigenvalue weighted by Crippen LogP contribution is -2.40. The molecule has 1 aliphatic heterocycles. The molecule has 8 nitrogen and oxygen atoms in total. The third kappa shape index (κ3) is 5.89. The van der Waals surface area contributed by atoms with E-state index in [-0.39, 0.29) is 18.0 Å². The van der Waals surface area contributed by atoms with E-state index in [0.717, 1.165) is 25.2 Å². The van der Waals surface area contributed by atoms with Crippen LogP contribution in [0.3, 0.4) is 0 Å². The van der Waals surface area contributed by atoms with Gasteiger partial charge in [0, 0.05) is 55.5 Å². The summed E-state index contributed by atoms with van der Waals surface area (Å²) in [5.74, 6) is 1.48. The molecule has 184 valence electrons. The molecule has 1 N–H and O–H groups in total. The van der Waals surface area contributed by atoms with Gasteiger partial charge in [-0.2, -0.15) is 0 Å². The number of rotatable bonds is 9. The minimum absolute atomic E-state index is 0.0955. The fourth-order valence-electron chi connectivity index (χ4n) is 4.41. The van der Waals surface area contributed by atoms with Gasteiger partial charge >= 0.3 is 0 Å². The molecule has 1 aliphatic rings. The lowest BCUT2D eigenvalue weighted by atomic mass is 10.0. The van der Waals surface area contributed by atoms with Crippen LogP contribution >= 0.6 is 0 Å². The quantitative estimate of drug-likeness (QED) is 0.510. The average molecular weight is 477 g/mol. The maximum atomic E-state index is 13.4. The van der Waals surface area contributed by atoms with Crippen LogP contribution in [0.15, 0.2) is 53.3 Å². The number of carbonyl (C=O) groups is 1. The van der Waals surface area contributed by atoms with Crippen LogP contribution < -0.4 is 20.3 Å². The van der Waals surface area contributed by atoms with Crippen molar-refractivity contribution in [3.05, 3.63) is 81.5 Å². The summed E-state index contributed by atoms with van der Waals surface area (Å²) in [6.45, 7) is 4.18. The SMILES string of the molecule is CCCc1nc2c(c(=O)n1CC(=O)Nc1cc(OC)cc(OC)c1)CCN(Cc1ccccc1)C2. The monoisotopic (exact) mass is 476 g/mol. The van der Waals surface area contributed by atoms with Crippen LogP contribution in [-0.2, 0) is 37.3 Å². The first-order valence-corrected chi connectivity index (χ1v) is 11.9. The number of hydrogen-bond donors (Lipinski definition) is 1. The number of hydrogen-bond acceptors (Lipinski definition) is 6. The molecule has 0 aliphatic carbocycles. The summed E-state index contributed by atoms with van der Waals surface area (Å²) in [4.78, 5) is 33.6. The van der Waals surface area contributed by atoms with Crippen molar-refractivity contribution in [2.24, 2.45) is 0 Å². The molecule has 8 heteroatoms. The molecule has 0 saturated heterocycles. The number of amides is 1. The number of anilines is 1. The van der Waals surface area contributed by atoms with Crippen molar-refractivity contribution < 1.29 is 14.3 Å². The highest BCUT2D eigenvalue weighted by Gasteiger charge is 2.24. The van der Waals surface area contributed by atoms with E-state index in [4.69, 9.17) is 14.5 Å². The second-order valence-corrected chi connectivity index (χ2v) is 8.69. The van der Waals surface area contributed by atoms with Crippen molar-refractivity contribution in [2.75, 3.05) is 26.1 Å². The summed E-state index contributed by atoms with van der Waals surface area (Å²) in [7, 11) is 3.10. The first-order valence-electron chi connectivity index (χ1n) is 11.9. The van der Waals surface area contributed by atoms with Gasteiger partial charge in [0.15, 0.2) is 0 Å². The van der Waals surface area contributed by atoms with Gasteiger partial charge in [-0.3, -0.25) is 19.1 Å². The summed E-state index contributed by atoms with van der Waals surface area (Å²) < 4.78 is 12.1. The van der Waals surface area contributed by atoms with E-state index in [1.54, 1.807) is 32.4 Å². The molecule has 2 aromatic carbocycles. The van der Waals surface area contributed by atoms with Gasteiger partial charge in [-0.05, 0) is 18.4 Å². The number of benzene rings is 2. The van der Waals surface area contributed by atoms with E-state index in [1.807, 2.05) is 25.1 Å². The maximum absolute atomic E-state index is 13.4. The lowest BCUT2D eigenvalue weighted by molar-refractivity contribution is -0.116. The van der Waals surface area contributed by atoms with Crippen LogP contribution in [0.4, 0.5) is 5.69 Å². The fraction of sp³-hybridized carbons (Fsp3) is 0.370. The summed E-state index contributed by atoms with van der Waals surface area (Å²) in [6.07, 6.45) is 2.07. The van der Waals surface area contributed by atoms with Crippen LogP contribution in [0, 0.1) is 0 Å². The number of fused-ring (bicyclic) bond motifs is 1. The van der Waals surface area contributed by atoms with E-state index in [2.05, 4.69) is 22.3 Å². The van der Waals surface area contributed by atoms with Gasteiger partial charge in [-0.25, -0.2) is 4.98 Å². The molecule has 1 amide bonds. The van der Waals surface area contributed by atoms with E-state index in [9.17, 15) is 9.59 Å². The van der Waals surface area contributed by atoms with Crippen molar-refractivity contribution in [3.63, 3.8) is 0 Å². The molecule has 0 radical (unpaired) electrons. The van der Waals surface area contributed by atoms with Gasteiger partial charge in [0.25, 0.3) is 5.56 Å². The molecular formula is C27H32N4O4. The Labute approximate surface area is 205 Å². The minimum atomic E-state index is -0.303. The van der Waals surface area contributed by atoms with E-state index in [1.165, 1.54) is 10.1 Å². The molecule has 4 rings (SSSR count). The Morgan fingerprint density at radius 2 is 1.80 bits per heavy atom. The predicted octanol–water partition coefficient (Wildman–Crippen LogP) is 3.41. The number of carbonyl (C=O) groups excluding carboxylic acids is 1. The number of aromatic nitrogens is 2. The van der Waals surface area contributed by atoms with Crippen LogP contribution in [0.25, 0.3) is 0 Å². The topological polar surface area (TPSA) is 85.7 Å². The standard InChI is InChI=1S/C27H32N4O4/c1-4-8-25-29-24-17-30(16-19-9-6-5-7-10-19)12-11-23(24)27(33)31(25)18-26(32)28-20-13-21(34-2)15-22(14-20)35-3/h5-7,9-10,13-15H,4,8,11-12,16-18H2,1-3H3,(H,28,32). The van der Waals surface area contributed by atoms with Crippen LogP contribution in [0.2, 0.25) is 0 Å². The van der Waals surface area contributed by atoms with Gasteiger partial charge in [-0.1, -0.05) is 37.3 Å². The number of aryl methyl sites for hydroxylation is 1. The predicted molar refractivity (Wildman–Crippen MR) is 135 cm³/mol. The third-order valence-electron chi connectivity index (χ3n) is 6.14. The summed E-state index contributed by atoms with van der Waals surface area (Å²) in [6, 6.07) is 15.5. The molecule has 3 aromatic rings. The molecule has 0 bridgehead atoms. The van der Waals surface area contributed by atoms with Crippen LogP contribution in [0.1, 0.15) is 36.0 Å². The highest BCUT2D eigenvalue weighted by atomic mass is 16.5. The van der Waals surface area contributed by atoms with Gasteiger partial charge in [0.1, 0.15) is 23.9 Å². The Morgan fingerprint density at radius 3 is 2.46 bits per heavy atom. The Balaban J connectivity index is 1.55. The molecule has 2 heterocycles. The van der Waals surface area contributed by atoms with Gasteiger partial charge < -0.3 is 14.8 Å². The average Bonchev–Trinajstić information content (AvgIpc) is 2.86. The normalized spacial score (nSPS) is 13.2. The van der Waals surface area contributed by atoms with Gasteiger partial charge in [-0.15, -0.1) is 0 Å². The van der Waals surface area contributed by atoms with Crippen molar-refractivity contribution >= 4 is 11.6 Å². The molecule has 0 atom stereocenters. The Morgan fingerprint density at radius 1 is 1.09 bits per heavy atom. The fourth-order valence-corrected chi connectivity index (χ4v) is 4.41.